The van der Waals surface area contributed by atoms with Crippen molar-refractivity contribution in [2.45, 2.75) is 17.9 Å². The topological polar surface area (TPSA) is 74.8 Å². The molecule has 0 aromatic heterocycles. The van der Waals surface area contributed by atoms with E-state index in [2.05, 4.69) is 0 Å². The Balaban J connectivity index is 1.75. The average Bonchev–Trinajstić information content (AvgIpc) is 2.72. The summed E-state index contributed by atoms with van der Waals surface area (Å²) in [6.45, 7) is 1.65. The number of aryl methyl sites for hydroxylation is 1. The highest BCUT2D eigenvalue weighted by molar-refractivity contribution is 8.14. The van der Waals surface area contributed by atoms with Crippen LogP contribution in [0.1, 0.15) is 5.56 Å². The lowest BCUT2D eigenvalue weighted by Crippen LogP contribution is -2.61. The first-order chi connectivity index (χ1) is 10.3. The van der Waals surface area contributed by atoms with Gasteiger partial charge in [-0.3, -0.25) is 14.5 Å². The summed E-state index contributed by atoms with van der Waals surface area (Å²) in [5.41, 5.74) is 0.249. The van der Waals surface area contributed by atoms with Gasteiger partial charge in [0.25, 0.3) is 5.24 Å². The van der Waals surface area contributed by atoms with Gasteiger partial charge in [-0.05, 0) is 30.7 Å². The van der Waals surface area contributed by atoms with Crippen molar-refractivity contribution in [2.24, 2.45) is 0 Å². The van der Waals surface area contributed by atoms with Crippen LogP contribution >= 0.6 is 11.8 Å². The van der Waals surface area contributed by atoms with E-state index in [0.29, 0.717) is 0 Å². The summed E-state index contributed by atoms with van der Waals surface area (Å²) in [6.07, 6.45) is 0. The Morgan fingerprint density at radius 2 is 1.95 bits per heavy atom. The Morgan fingerprint density at radius 3 is 2.50 bits per heavy atom. The van der Waals surface area contributed by atoms with E-state index in [9.17, 15) is 22.4 Å². The van der Waals surface area contributed by atoms with E-state index in [1.165, 1.54) is 23.4 Å². The number of rotatable bonds is 3. The first kappa shape index (κ1) is 15.4. The van der Waals surface area contributed by atoms with Crippen LogP contribution in [0.15, 0.2) is 23.1 Å². The Labute approximate surface area is 131 Å². The van der Waals surface area contributed by atoms with Crippen molar-refractivity contribution in [2.75, 3.05) is 18.8 Å². The smallest absolute Gasteiger partial charge is 0.273 e. The summed E-state index contributed by atoms with van der Waals surface area (Å²) in [5, 5.41) is -0.329. The van der Waals surface area contributed by atoms with Crippen molar-refractivity contribution >= 4 is 32.9 Å². The maximum Gasteiger partial charge on any atom is 0.289 e. The van der Waals surface area contributed by atoms with Crippen LogP contribution in [-0.4, -0.2) is 53.7 Å². The SMILES string of the molecule is Cc1cc(S(=O)(=O)N2CC(N3C(=O)CSC3=O)C2)ccc1F. The van der Waals surface area contributed by atoms with Crippen molar-refractivity contribution in [1.82, 2.24) is 9.21 Å². The second-order valence-electron chi connectivity index (χ2n) is 5.21. The van der Waals surface area contributed by atoms with E-state index in [1.807, 2.05) is 0 Å². The Hall–Kier alpha value is -1.45. The van der Waals surface area contributed by atoms with Crippen LogP contribution in [0.4, 0.5) is 9.18 Å². The molecule has 2 amide bonds. The molecule has 2 aliphatic heterocycles. The number of thioether (sulfide) groups is 1. The molecule has 2 fully saturated rings. The molecule has 6 nitrogen and oxygen atoms in total. The number of halogens is 1. The molecule has 22 heavy (non-hydrogen) atoms. The van der Waals surface area contributed by atoms with Gasteiger partial charge >= 0.3 is 0 Å². The van der Waals surface area contributed by atoms with Crippen molar-refractivity contribution in [3.63, 3.8) is 0 Å². The van der Waals surface area contributed by atoms with Crippen LogP contribution in [0, 0.1) is 12.7 Å². The summed E-state index contributed by atoms with van der Waals surface area (Å²) >= 11 is 0.928. The van der Waals surface area contributed by atoms with Crippen LogP contribution in [0.25, 0.3) is 0 Å². The molecule has 0 aliphatic carbocycles. The lowest BCUT2D eigenvalue weighted by Gasteiger charge is -2.41. The molecule has 2 aliphatic rings. The van der Waals surface area contributed by atoms with E-state index in [4.69, 9.17) is 0 Å². The zero-order valence-electron chi connectivity index (χ0n) is 11.7. The fourth-order valence-corrected chi connectivity index (χ4v) is 4.80. The molecule has 0 atom stereocenters. The average molecular weight is 344 g/mol. The maximum atomic E-state index is 13.2. The predicted molar refractivity (Wildman–Crippen MR) is 78.4 cm³/mol. The van der Waals surface area contributed by atoms with Crippen molar-refractivity contribution in [1.29, 1.82) is 0 Å². The molecule has 118 valence electrons. The van der Waals surface area contributed by atoms with Crippen LogP contribution in [-0.2, 0) is 14.8 Å². The van der Waals surface area contributed by atoms with Gasteiger partial charge in [-0.15, -0.1) is 0 Å². The molecule has 0 spiro atoms. The molecule has 1 aromatic carbocycles. The third-order valence-electron chi connectivity index (χ3n) is 3.75. The lowest BCUT2D eigenvalue weighted by molar-refractivity contribution is -0.127. The quantitative estimate of drug-likeness (QED) is 0.824. The van der Waals surface area contributed by atoms with E-state index >= 15 is 0 Å². The van der Waals surface area contributed by atoms with E-state index in [1.54, 1.807) is 0 Å². The molecular formula is C13H13FN2O4S2. The number of amides is 2. The summed E-state index contributed by atoms with van der Waals surface area (Å²) < 4.78 is 39.3. The minimum absolute atomic E-state index is 0.0123. The molecule has 0 unspecified atom stereocenters. The van der Waals surface area contributed by atoms with Gasteiger partial charge in [-0.25, -0.2) is 12.8 Å². The molecule has 0 bridgehead atoms. The first-order valence-electron chi connectivity index (χ1n) is 6.56. The number of hydrogen-bond acceptors (Lipinski definition) is 5. The number of hydrogen-bond donors (Lipinski definition) is 0. The summed E-state index contributed by atoms with van der Waals surface area (Å²) in [4.78, 5) is 24.3. The molecule has 2 saturated heterocycles. The summed E-state index contributed by atoms with van der Waals surface area (Å²) in [5.74, 6) is -0.639. The van der Waals surface area contributed by atoms with E-state index in [0.717, 1.165) is 22.7 Å². The first-order valence-corrected chi connectivity index (χ1v) is 8.98. The molecule has 3 rings (SSSR count). The maximum absolute atomic E-state index is 13.2. The zero-order chi connectivity index (χ0) is 16.1. The third kappa shape index (κ3) is 2.42. The minimum atomic E-state index is -3.73. The Kier molecular flexibility index (Phi) is 3.74. The van der Waals surface area contributed by atoms with E-state index in [-0.39, 0.29) is 40.4 Å². The van der Waals surface area contributed by atoms with Gasteiger partial charge in [0.05, 0.1) is 16.7 Å². The summed E-state index contributed by atoms with van der Waals surface area (Å²) in [7, 11) is -3.73. The van der Waals surface area contributed by atoms with Crippen LogP contribution in [0.5, 0.6) is 0 Å². The predicted octanol–water partition coefficient (Wildman–Crippen LogP) is 1.20. The van der Waals surface area contributed by atoms with Crippen LogP contribution < -0.4 is 0 Å². The number of nitrogens with zero attached hydrogens (tertiary/aromatic N) is 2. The van der Waals surface area contributed by atoms with Crippen molar-refractivity contribution < 1.29 is 22.4 Å². The highest BCUT2D eigenvalue weighted by atomic mass is 32.2. The Morgan fingerprint density at radius 1 is 1.27 bits per heavy atom. The van der Waals surface area contributed by atoms with Gasteiger partial charge in [-0.1, -0.05) is 11.8 Å². The lowest BCUT2D eigenvalue weighted by atomic mass is 10.1. The molecular weight excluding hydrogens is 331 g/mol. The number of sulfonamides is 1. The molecule has 2 heterocycles. The third-order valence-corrected chi connectivity index (χ3v) is 6.41. The van der Waals surface area contributed by atoms with E-state index < -0.39 is 21.9 Å². The second kappa shape index (κ2) is 5.32. The number of carbonyl (C=O) groups is 2. The molecule has 0 N–H and O–H groups in total. The molecule has 1 aromatic rings. The van der Waals surface area contributed by atoms with Crippen LogP contribution in [0.3, 0.4) is 0 Å². The highest BCUT2D eigenvalue weighted by Crippen LogP contribution is 2.30. The van der Waals surface area contributed by atoms with Gasteiger partial charge in [-0.2, -0.15) is 4.31 Å². The van der Waals surface area contributed by atoms with Gasteiger partial charge in [0.1, 0.15) is 5.82 Å². The number of imide groups is 1. The fourth-order valence-electron chi connectivity index (χ4n) is 2.42. The van der Waals surface area contributed by atoms with Crippen LogP contribution in [0.2, 0.25) is 0 Å². The number of benzene rings is 1. The highest BCUT2D eigenvalue weighted by Gasteiger charge is 2.45. The molecule has 9 heteroatoms. The summed E-state index contributed by atoms with van der Waals surface area (Å²) in [6, 6.07) is 3.20. The van der Waals surface area contributed by atoms with Gasteiger partial charge in [0.15, 0.2) is 0 Å². The monoisotopic (exact) mass is 344 g/mol. The Bertz CT molecular complexity index is 743. The molecule has 0 radical (unpaired) electrons. The molecule has 0 saturated carbocycles. The normalized spacial score (nSPS) is 20.5. The van der Waals surface area contributed by atoms with Crippen molar-refractivity contribution in [3.05, 3.63) is 29.6 Å². The zero-order valence-corrected chi connectivity index (χ0v) is 13.3. The fraction of sp³-hybridized carbons (Fsp3) is 0.385. The number of carbonyl (C=O) groups excluding carboxylic acids is 2. The van der Waals surface area contributed by atoms with Gasteiger partial charge in [0.2, 0.25) is 15.9 Å². The van der Waals surface area contributed by atoms with Crippen molar-refractivity contribution in [3.8, 4) is 0 Å². The standard InChI is InChI=1S/C13H13FN2O4S2/c1-8-4-10(2-3-11(8)14)22(19,20)15-5-9(6-15)16-12(17)7-21-13(16)18/h2-4,9H,5-7H2,1H3. The van der Waals surface area contributed by atoms with Gasteiger partial charge < -0.3 is 0 Å². The largest absolute Gasteiger partial charge is 0.289 e. The minimum Gasteiger partial charge on any atom is -0.273 e. The second-order valence-corrected chi connectivity index (χ2v) is 8.07. The van der Waals surface area contributed by atoms with Gasteiger partial charge in [0, 0.05) is 13.1 Å².